The molecule has 0 spiro atoms. The lowest BCUT2D eigenvalue weighted by Gasteiger charge is -2.41. The molecule has 0 heterocycles. The highest BCUT2D eigenvalue weighted by Gasteiger charge is 2.53. The molecule has 2 fully saturated rings. The van der Waals surface area contributed by atoms with Crippen LogP contribution in [0.2, 0.25) is 0 Å². The standard InChI is InChI=1S/C17H26O3S/c1-3-12(2)14-6-8-16(9-7-14)21(18,19,20)17-11-13-4-5-15(17)10-13/h6-9,12-13,15,17H,3-5,10-11H2,1-2H3,(H2,18,19,20). The molecule has 0 amide bonds. The number of fused-ring (bicyclic) bond motifs is 2. The van der Waals surface area contributed by atoms with E-state index in [0.29, 0.717) is 18.3 Å². The van der Waals surface area contributed by atoms with Crippen LogP contribution in [0.1, 0.15) is 57.4 Å². The van der Waals surface area contributed by atoms with Crippen LogP contribution >= 0.6 is 0 Å². The monoisotopic (exact) mass is 310 g/mol. The fraction of sp³-hybridized carbons (Fsp3) is 0.647. The van der Waals surface area contributed by atoms with Gasteiger partial charge in [-0.1, -0.05) is 32.4 Å². The molecule has 2 aliphatic carbocycles. The van der Waals surface area contributed by atoms with Gasteiger partial charge in [-0.15, -0.1) is 0 Å². The maximum Gasteiger partial charge on any atom is 0.112 e. The molecule has 0 aromatic heterocycles. The van der Waals surface area contributed by atoms with Crippen LogP contribution in [0.5, 0.6) is 0 Å². The molecule has 2 aliphatic rings. The van der Waals surface area contributed by atoms with E-state index in [1.165, 1.54) is 0 Å². The van der Waals surface area contributed by atoms with E-state index in [-0.39, 0.29) is 10.8 Å². The van der Waals surface area contributed by atoms with Crippen LogP contribution in [0.4, 0.5) is 0 Å². The topological polar surface area (TPSA) is 57.5 Å². The SMILES string of the molecule is CCC(C)c1ccc(S(=O)(O)(O)C2CC3CCC2C3)cc1. The maximum absolute atomic E-state index is 13.0. The largest absolute Gasteiger partial charge is 0.304 e. The Hall–Kier alpha value is -0.710. The summed E-state index contributed by atoms with van der Waals surface area (Å²) < 4.78 is 34.4. The van der Waals surface area contributed by atoms with Crippen LogP contribution in [0.15, 0.2) is 29.2 Å². The smallest absolute Gasteiger partial charge is 0.112 e. The molecule has 0 aliphatic heterocycles. The molecule has 0 saturated heterocycles. The van der Waals surface area contributed by atoms with Crippen molar-refractivity contribution in [2.45, 2.75) is 62.0 Å². The molecular weight excluding hydrogens is 284 g/mol. The van der Waals surface area contributed by atoms with Gasteiger partial charge in [0.15, 0.2) is 0 Å². The van der Waals surface area contributed by atoms with Crippen molar-refractivity contribution in [1.82, 2.24) is 0 Å². The fourth-order valence-electron chi connectivity index (χ4n) is 4.17. The van der Waals surface area contributed by atoms with Crippen molar-refractivity contribution in [1.29, 1.82) is 0 Å². The van der Waals surface area contributed by atoms with Gasteiger partial charge < -0.3 is 9.11 Å². The molecule has 2 saturated carbocycles. The van der Waals surface area contributed by atoms with E-state index in [0.717, 1.165) is 31.2 Å². The van der Waals surface area contributed by atoms with E-state index in [1.54, 1.807) is 12.1 Å². The zero-order chi connectivity index (χ0) is 15.3. The van der Waals surface area contributed by atoms with Crippen molar-refractivity contribution in [2.75, 3.05) is 0 Å². The molecular formula is C17H26O3S. The number of hydrogen-bond acceptors (Lipinski definition) is 1. The Morgan fingerprint density at radius 1 is 1.19 bits per heavy atom. The van der Waals surface area contributed by atoms with Gasteiger partial charge in [0.2, 0.25) is 0 Å². The van der Waals surface area contributed by atoms with E-state index >= 15 is 0 Å². The summed E-state index contributed by atoms with van der Waals surface area (Å²) in [5.74, 6) is 1.16. The van der Waals surface area contributed by atoms with Crippen LogP contribution < -0.4 is 0 Å². The second-order valence-electron chi connectivity index (χ2n) is 7.01. The van der Waals surface area contributed by atoms with Crippen molar-refractivity contribution < 1.29 is 13.3 Å². The van der Waals surface area contributed by atoms with Gasteiger partial charge in [0, 0.05) is 0 Å². The molecule has 1 aromatic rings. The molecule has 4 unspecified atom stereocenters. The molecule has 2 bridgehead atoms. The first kappa shape index (κ1) is 15.2. The van der Waals surface area contributed by atoms with Crippen molar-refractivity contribution in [3.8, 4) is 0 Å². The Balaban J connectivity index is 1.92. The Bertz CT molecular complexity index is 587. The molecule has 3 nitrogen and oxygen atoms in total. The lowest BCUT2D eigenvalue weighted by Crippen LogP contribution is -2.46. The second-order valence-corrected chi connectivity index (χ2v) is 9.93. The zero-order valence-electron chi connectivity index (χ0n) is 12.9. The molecule has 2 N–H and O–H groups in total. The van der Waals surface area contributed by atoms with Gasteiger partial charge in [-0.05, 0) is 61.1 Å². The minimum atomic E-state index is -4.72. The summed E-state index contributed by atoms with van der Waals surface area (Å²) in [7, 11) is -4.72. The quantitative estimate of drug-likeness (QED) is 0.860. The van der Waals surface area contributed by atoms with E-state index in [9.17, 15) is 13.3 Å². The summed E-state index contributed by atoms with van der Waals surface area (Å²) in [4.78, 5) is 0.205. The van der Waals surface area contributed by atoms with Gasteiger partial charge in [0.1, 0.15) is 9.63 Å². The third-order valence-electron chi connectivity index (χ3n) is 5.72. The van der Waals surface area contributed by atoms with E-state index in [2.05, 4.69) is 13.8 Å². The van der Waals surface area contributed by atoms with Gasteiger partial charge in [-0.2, -0.15) is 0 Å². The summed E-state index contributed by atoms with van der Waals surface area (Å²) >= 11 is 0. The van der Waals surface area contributed by atoms with Gasteiger partial charge in [0.25, 0.3) is 0 Å². The maximum atomic E-state index is 13.0. The lowest BCUT2D eigenvalue weighted by molar-refractivity contribution is 0.342. The molecule has 21 heavy (non-hydrogen) atoms. The molecule has 1 aromatic carbocycles. The van der Waals surface area contributed by atoms with Crippen molar-refractivity contribution in [2.24, 2.45) is 11.8 Å². The highest BCUT2D eigenvalue weighted by atomic mass is 32.3. The Kier molecular flexibility index (Phi) is 3.55. The van der Waals surface area contributed by atoms with Gasteiger partial charge in [-0.3, -0.25) is 0 Å². The average molecular weight is 310 g/mol. The van der Waals surface area contributed by atoms with E-state index in [4.69, 9.17) is 0 Å². The Labute approximate surface area is 127 Å². The first-order chi connectivity index (χ1) is 9.80. The van der Waals surface area contributed by atoms with Crippen LogP contribution in [-0.4, -0.2) is 18.6 Å². The zero-order valence-corrected chi connectivity index (χ0v) is 13.7. The minimum Gasteiger partial charge on any atom is -0.304 e. The van der Waals surface area contributed by atoms with Crippen molar-refractivity contribution >= 4 is 9.63 Å². The van der Waals surface area contributed by atoms with E-state index < -0.39 is 14.9 Å². The van der Waals surface area contributed by atoms with Crippen LogP contribution in [0.3, 0.4) is 0 Å². The highest BCUT2D eigenvalue weighted by molar-refractivity contribution is 8.10. The van der Waals surface area contributed by atoms with Crippen LogP contribution in [0, 0.1) is 11.8 Å². The van der Waals surface area contributed by atoms with Crippen LogP contribution in [-0.2, 0) is 9.63 Å². The number of rotatable bonds is 4. The fourth-order valence-corrected chi connectivity index (χ4v) is 6.73. The Morgan fingerprint density at radius 2 is 1.86 bits per heavy atom. The molecule has 4 heteroatoms. The third-order valence-corrected chi connectivity index (χ3v) is 8.55. The highest BCUT2D eigenvalue weighted by Crippen LogP contribution is 2.54. The van der Waals surface area contributed by atoms with Crippen LogP contribution in [0.25, 0.3) is 0 Å². The summed E-state index contributed by atoms with van der Waals surface area (Å²) in [6.45, 7) is 4.26. The van der Waals surface area contributed by atoms with Crippen molar-refractivity contribution in [3.63, 3.8) is 0 Å². The van der Waals surface area contributed by atoms with E-state index in [1.807, 2.05) is 12.1 Å². The van der Waals surface area contributed by atoms with Gasteiger partial charge in [-0.25, -0.2) is 4.21 Å². The van der Waals surface area contributed by atoms with Gasteiger partial charge in [0.05, 0.1) is 10.1 Å². The molecule has 118 valence electrons. The normalized spacial score (nSPS) is 31.8. The van der Waals surface area contributed by atoms with Crippen molar-refractivity contribution in [3.05, 3.63) is 29.8 Å². The predicted molar refractivity (Wildman–Crippen MR) is 86.1 cm³/mol. The van der Waals surface area contributed by atoms with Gasteiger partial charge >= 0.3 is 0 Å². The first-order valence-corrected chi connectivity index (χ1v) is 10.0. The number of hydrogen-bond donors (Lipinski definition) is 2. The average Bonchev–Trinajstić information content (AvgIpc) is 3.09. The summed E-state index contributed by atoms with van der Waals surface area (Å²) in [6, 6.07) is 7.08. The Morgan fingerprint density at radius 3 is 2.33 bits per heavy atom. The second kappa shape index (κ2) is 4.90. The minimum absolute atomic E-state index is 0.205. The third kappa shape index (κ3) is 2.47. The predicted octanol–water partition coefficient (Wildman–Crippen LogP) is 4.51. The number of benzene rings is 1. The first-order valence-electron chi connectivity index (χ1n) is 8.06. The molecule has 3 rings (SSSR count). The lowest BCUT2D eigenvalue weighted by atomic mass is 9.99. The summed E-state index contributed by atoms with van der Waals surface area (Å²) in [5.41, 5.74) is 1.15. The molecule has 0 radical (unpaired) electrons. The molecule has 4 atom stereocenters. The summed E-state index contributed by atoms with van der Waals surface area (Å²) in [5, 5.41) is -0.477. The summed E-state index contributed by atoms with van der Waals surface area (Å²) in [6.07, 6.45) is 4.86.